The predicted molar refractivity (Wildman–Crippen MR) is 86.4 cm³/mol. The number of rotatable bonds is 4. The van der Waals surface area contributed by atoms with Crippen molar-refractivity contribution in [1.82, 2.24) is 4.90 Å². The molecule has 4 heteroatoms. The van der Waals surface area contributed by atoms with E-state index < -0.39 is 0 Å². The molecule has 20 heavy (non-hydrogen) atoms. The number of hydrogen-bond acceptors (Lipinski definition) is 3. The average Bonchev–Trinajstić information content (AvgIpc) is 2.43. The summed E-state index contributed by atoms with van der Waals surface area (Å²) >= 11 is 0. The molecule has 0 radical (unpaired) electrons. The normalized spacial score (nSPS) is 23.4. The number of nitrogens with two attached hydrogens (primary N) is 1. The molecule has 0 amide bonds. The quantitative estimate of drug-likeness (QED) is 0.929. The first kappa shape index (κ1) is 17.4. The van der Waals surface area contributed by atoms with Gasteiger partial charge in [0.05, 0.1) is 6.10 Å². The lowest BCUT2D eigenvalue weighted by molar-refractivity contribution is 0.0102. The summed E-state index contributed by atoms with van der Waals surface area (Å²) < 4.78 is 5.47. The average molecular weight is 299 g/mol. The van der Waals surface area contributed by atoms with Crippen molar-refractivity contribution in [3.63, 3.8) is 0 Å². The second kappa shape index (κ2) is 7.99. The van der Waals surface area contributed by atoms with Gasteiger partial charge < -0.3 is 10.5 Å². The molecule has 2 N–H and O–H groups in total. The molecule has 0 aromatic heterocycles. The third-order valence-electron chi connectivity index (χ3n) is 4.35. The number of aryl methyl sites for hydroxylation is 2. The third-order valence-corrected chi connectivity index (χ3v) is 4.35. The zero-order valence-electron chi connectivity index (χ0n) is 12.8. The Morgan fingerprint density at radius 1 is 1.30 bits per heavy atom. The summed E-state index contributed by atoms with van der Waals surface area (Å²) in [5, 5.41) is 0. The molecule has 0 spiro atoms. The van der Waals surface area contributed by atoms with Crippen molar-refractivity contribution < 1.29 is 4.74 Å². The van der Waals surface area contributed by atoms with Gasteiger partial charge in [0.1, 0.15) is 0 Å². The van der Waals surface area contributed by atoms with Gasteiger partial charge in [-0.2, -0.15) is 0 Å². The summed E-state index contributed by atoms with van der Waals surface area (Å²) in [4.78, 5) is 2.50. The first-order valence-electron chi connectivity index (χ1n) is 7.17. The molecule has 1 saturated heterocycles. The Balaban J connectivity index is 0.00000200. The van der Waals surface area contributed by atoms with Crippen molar-refractivity contribution in [3.05, 3.63) is 34.9 Å². The maximum atomic E-state index is 5.92. The summed E-state index contributed by atoms with van der Waals surface area (Å²) in [5.74, 6) is 0. The van der Waals surface area contributed by atoms with Gasteiger partial charge in [-0.15, -0.1) is 12.4 Å². The lowest BCUT2D eigenvalue weighted by Gasteiger charge is -2.38. The minimum Gasteiger partial charge on any atom is -0.381 e. The van der Waals surface area contributed by atoms with Gasteiger partial charge in [0.25, 0.3) is 0 Å². The molecule has 1 heterocycles. The zero-order valence-corrected chi connectivity index (χ0v) is 13.6. The Bertz CT molecular complexity index is 425. The molecule has 0 bridgehead atoms. The van der Waals surface area contributed by atoms with Crippen LogP contribution in [0.5, 0.6) is 0 Å². The van der Waals surface area contributed by atoms with Crippen LogP contribution in [0.1, 0.15) is 29.5 Å². The maximum Gasteiger partial charge on any atom is 0.0599 e. The highest BCUT2D eigenvalue weighted by Gasteiger charge is 2.27. The van der Waals surface area contributed by atoms with E-state index in [-0.39, 0.29) is 12.4 Å². The Morgan fingerprint density at radius 3 is 2.65 bits per heavy atom. The number of ether oxygens (including phenoxy) is 1. The molecule has 1 aromatic carbocycles. The van der Waals surface area contributed by atoms with Crippen molar-refractivity contribution in [2.24, 2.45) is 5.73 Å². The van der Waals surface area contributed by atoms with E-state index in [9.17, 15) is 0 Å². The standard InChI is InChI=1S/C16H26N2O.ClH/c1-12-4-5-14(8-13(12)2)11-18-7-6-16(19-3)9-15(18)10-17;/h4-5,8,15-16H,6-7,9-11,17H2,1-3H3;1H. The summed E-state index contributed by atoms with van der Waals surface area (Å²) in [5.41, 5.74) is 10.0. The van der Waals surface area contributed by atoms with Gasteiger partial charge in [0.15, 0.2) is 0 Å². The minimum atomic E-state index is 0. The van der Waals surface area contributed by atoms with Crippen LogP contribution in [0, 0.1) is 13.8 Å². The fraction of sp³-hybridized carbons (Fsp3) is 0.625. The topological polar surface area (TPSA) is 38.5 Å². The molecule has 1 aromatic rings. The van der Waals surface area contributed by atoms with E-state index in [1.165, 1.54) is 16.7 Å². The van der Waals surface area contributed by atoms with Crippen molar-refractivity contribution in [3.8, 4) is 0 Å². The third kappa shape index (κ3) is 4.19. The van der Waals surface area contributed by atoms with Gasteiger partial charge in [-0.1, -0.05) is 18.2 Å². The van der Waals surface area contributed by atoms with Crippen LogP contribution in [0.3, 0.4) is 0 Å². The number of methoxy groups -OCH3 is 1. The summed E-state index contributed by atoms with van der Waals surface area (Å²) in [7, 11) is 1.80. The van der Waals surface area contributed by atoms with Crippen LogP contribution in [0.4, 0.5) is 0 Å². The highest BCUT2D eigenvalue weighted by atomic mass is 35.5. The largest absolute Gasteiger partial charge is 0.381 e. The number of halogens is 1. The van der Waals surface area contributed by atoms with Gasteiger partial charge in [0, 0.05) is 32.8 Å². The van der Waals surface area contributed by atoms with Crippen LogP contribution in [0.25, 0.3) is 0 Å². The molecule has 114 valence electrons. The molecule has 1 aliphatic heterocycles. The molecule has 2 unspecified atom stereocenters. The fourth-order valence-corrected chi connectivity index (χ4v) is 2.87. The minimum absolute atomic E-state index is 0. The molecule has 1 aliphatic rings. The van der Waals surface area contributed by atoms with Gasteiger partial charge in [-0.25, -0.2) is 0 Å². The molecular formula is C16H27ClN2O. The molecular weight excluding hydrogens is 272 g/mol. The van der Waals surface area contributed by atoms with Crippen LogP contribution in [0.15, 0.2) is 18.2 Å². The SMILES string of the molecule is COC1CCN(Cc2ccc(C)c(C)c2)C(CN)C1.Cl. The maximum absolute atomic E-state index is 5.92. The number of hydrogen-bond donors (Lipinski definition) is 1. The molecule has 3 nitrogen and oxygen atoms in total. The lowest BCUT2D eigenvalue weighted by Crippen LogP contribution is -2.47. The summed E-state index contributed by atoms with van der Waals surface area (Å²) in [6, 6.07) is 7.19. The van der Waals surface area contributed by atoms with Crippen LogP contribution >= 0.6 is 12.4 Å². The van der Waals surface area contributed by atoms with Gasteiger partial charge in [-0.05, 0) is 43.4 Å². The second-order valence-electron chi connectivity index (χ2n) is 5.66. The van der Waals surface area contributed by atoms with Crippen molar-refractivity contribution in [2.45, 2.75) is 45.4 Å². The molecule has 1 fully saturated rings. The summed E-state index contributed by atoms with van der Waals surface area (Å²) in [6.45, 7) is 7.12. The van der Waals surface area contributed by atoms with E-state index in [0.717, 1.165) is 25.9 Å². The van der Waals surface area contributed by atoms with Crippen molar-refractivity contribution in [1.29, 1.82) is 0 Å². The van der Waals surface area contributed by atoms with Gasteiger partial charge in [0.2, 0.25) is 0 Å². The Kier molecular flexibility index (Phi) is 6.96. The van der Waals surface area contributed by atoms with Crippen LogP contribution in [-0.4, -0.2) is 37.2 Å². The smallest absolute Gasteiger partial charge is 0.0599 e. The first-order chi connectivity index (χ1) is 9.13. The Labute approximate surface area is 128 Å². The lowest BCUT2D eigenvalue weighted by atomic mass is 9.98. The van der Waals surface area contributed by atoms with Crippen molar-refractivity contribution in [2.75, 3.05) is 20.2 Å². The van der Waals surface area contributed by atoms with Gasteiger partial charge in [-0.3, -0.25) is 4.90 Å². The van der Waals surface area contributed by atoms with Crippen LogP contribution in [0.2, 0.25) is 0 Å². The second-order valence-corrected chi connectivity index (χ2v) is 5.66. The first-order valence-corrected chi connectivity index (χ1v) is 7.17. The Hall–Kier alpha value is -0.610. The molecule has 2 rings (SSSR count). The van der Waals surface area contributed by atoms with E-state index in [0.29, 0.717) is 18.7 Å². The van der Waals surface area contributed by atoms with Crippen molar-refractivity contribution >= 4 is 12.4 Å². The fourth-order valence-electron chi connectivity index (χ4n) is 2.87. The van der Waals surface area contributed by atoms with E-state index in [1.54, 1.807) is 7.11 Å². The number of benzene rings is 1. The van der Waals surface area contributed by atoms with E-state index >= 15 is 0 Å². The van der Waals surface area contributed by atoms with Crippen LogP contribution in [-0.2, 0) is 11.3 Å². The highest BCUT2D eigenvalue weighted by Crippen LogP contribution is 2.22. The molecule has 0 saturated carbocycles. The molecule has 2 atom stereocenters. The monoisotopic (exact) mass is 298 g/mol. The van der Waals surface area contributed by atoms with E-state index in [1.807, 2.05) is 0 Å². The number of likely N-dealkylation sites (tertiary alicyclic amines) is 1. The van der Waals surface area contributed by atoms with Gasteiger partial charge >= 0.3 is 0 Å². The number of piperidine rings is 1. The highest BCUT2D eigenvalue weighted by molar-refractivity contribution is 5.85. The molecule has 0 aliphatic carbocycles. The predicted octanol–water partition coefficient (Wildman–Crippen LogP) is 2.66. The Morgan fingerprint density at radius 2 is 2.05 bits per heavy atom. The summed E-state index contributed by atoms with van der Waals surface area (Å²) in [6.07, 6.45) is 2.54. The van der Waals surface area contributed by atoms with Crippen LogP contribution < -0.4 is 5.73 Å². The zero-order chi connectivity index (χ0) is 13.8. The number of nitrogens with zero attached hydrogens (tertiary/aromatic N) is 1. The van der Waals surface area contributed by atoms with E-state index in [4.69, 9.17) is 10.5 Å². The van der Waals surface area contributed by atoms with E-state index in [2.05, 4.69) is 36.9 Å².